The van der Waals surface area contributed by atoms with Crippen LogP contribution < -0.4 is 10.1 Å². The molecule has 0 spiro atoms. The van der Waals surface area contributed by atoms with Crippen molar-refractivity contribution in [3.63, 3.8) is 0 Å². The third kappa shape index (κ3) is 4.46. The van der Waals surface area contributed by atoms with Crippen molar-refractivity contribution < 1.29 is 14.3 Å². The summed E-state index contributed by atoms with van der Waals surface area (Å²) < 4.78 is 5.98. The van der Waals surface area contributed by atoms with Gasteiger partial charge in [-0.05, 0) is 44.6 Å². The van der Waals surface area contributed by atoms with E-state index in [1.807, 2.05) is 12.1 Å². The Kier molecular flexibility index (Phi) is 5.67. The van der Waals surface area contributed by atoms with Gasteiger partial charge in [-0.15, -0.1) is 0 Å². The first-order valence-corrected chi connectivity index (χ1v) is 8.87. The Bertz CT molecular complexity index is 585. The Morgan fingerprint density at radius 2 is 2.12 bits per heavy atom. The van der Waals surface area contributed by atoms with Gasteiger partial charge in [0.1, 0.15) is 6.10 Å². The summed E-state index contributed by atoms with van der Waals surface area (Å²) in [6.45, 7) is 1.18. The number of carbonyl (C=O) groups excluding carboxylic acids is 2. The molecule has 1 saturated carbocycles. The molecule has 6 heteroatoms. The molecule has 0 unspecified atom stereocenters. The molecule has 1 N–H and O–H groups in total. The molecule has 0 aromatic carbocycles. The summed E-state index contributed by atoms with van der Waals surface area (Å²) >= 11 is 0. The van der Waals surface area contributed by atoms with E-state index in [1.165, 1.54) is 12.8 Å². The summed E-state index contributed by atoms with van der Waals surface area (Å²) in [5.74, 6) is 0.544. The monoisotopic (exact) mass is 331 g/mol. The number of rotatable bonds is 6. The fraction of sp³-hybridized carbons (Fsp3) is 0.611. The highest BCUT2D eigenvalue weighted by atomic mass is 16.5. The van der Waals surface area contributed by atoms with Crippen molar-refractivity contribution in [2.45, 2.75) is 57.6 Å². The molecule has 3 rings (SSSR count). The molecule has 2 heterocycles. The molecule has 2 fully saturated rings. The molecule has 1 aliphatic carbocycles. The molecule has 0 atom stereocenters. The van der Waals surface area contributed by atoms with Crippen LogP contribution in [0, 0.1) is 0 Å². The lowest BCUT2D eigenvalue weighted by Crippen LogP contribution is -2.42. The number of piperidine rings is 1. The Morgan fingerprint density at radius 1 is 1.29 bits per heavy atom. The van der Waals surface area contributed by atoms with E-state index in [2.05, 4.69) is 10.3 Å². The molecule has 24 heavy (non-hydrogen) atoms. The number of nitrogens with zero attached hydrogens (tertiary/aromatic N) is 2. The smallest absolute Gasteiger partial charge is 0.239 e. The van der Waals surface area contributed by atoms with Gasteiger partial charge in [0, 0.05) is 31.3 Å². The topological polar surface area (TPSA) is 71.5 Å². The number of carbonyl (C=O) groups is 2. The second-order valence-corrected chi connectivity index (χ2v) is 6.54. The van der Waals surface area contributed by atoms with Gasteiger partial charge < -0.3 is 15.0 Å². The van der Waals surface area contributed by atoms with Crippen molar-refractivity contribution in [2.24, 2.45) is 0 Å². The maximum atomic E-state index is 12.1. The van der Waals surface area contributed by atoms with E-state index in [0.29, 0.717) is 25.4 Å². The van der Waals surface area contributed by atoms with E-state index in [0.717, 1.165) is 31.2 Å². The molecule has 1 aromatic heterocycles. The second-order valence-electron chi connectivity index (χ2n) is 6.54. The average Bonchev–Trinajstić information content (AvgIpc) is 3.09. The molecule has 2 amide bonds. The van der Waals surface area contributed by atoms with Gasteiger partial charge in [-0.25, -0.2) is 4.98 Å². The highest BCUT2D eigenvalue weighted by Gasteiger charge is 2.21. The van der Waals surface area contributed by atoms with Crippen LogP contribution in [0.3, 0.4) is 0 Å². The normalized spacial score (nSPS) is 18.7. The van der Waals surface area contributed by atoms with Crippen LogP contribution in [0.25, 0.3) is 0 Å². The van der Waals surface area contributed by atoms with Crippen molar-refractivity contribution in [1.29, 1.82) is 0 Å². The minimum atomic E-state index is -0.138. The van der Waals surface area contributed by atoms with E-state index >= 15 is 0 Å². The van der Waals surface area contributed by atoms with Gasteiger partial charge in [0.15, 0.2) is 0 Å². The zero-order chi connectivity index (χ0) is 16.8. The SMILES string of the molecule is O=C(CN1CCCCC1=O)NCc1cccnc1OC1CCCC1. The van der Waals surface area contributed by atoms with Crippen molar-refractivity contribution in [1.82, 2.24) is 15.2 Å². The number of likely N-dealkylation sites (tertiary alicyclic amines) is 1. The fourth-order valence-electron chi connectivity index (χ4n) is 3.28. The van der Waals surface area contributed by atoms with Gasteiger partial charge in [-0.2, -0.15) is 0 Å². The highest BCUT2D eigenvalue weighted by molar-refractivity contribution is 5.85. The third-order valence-corrected chi connectivity index (χ3v) is 4.66. The largest absolute Gasteiger partial charge is 0.474 e. The van der Waals surface area contributed by atoms with E-state index in [1.54, 1.807) is 11.1 Å². The number of ether oxygens (including phenoxy) is 1. The Labute approximate surface area is 142 Å². The zero-order valence-corrected chi connectivity index (χ0v) is 14.0. The van der Waals surface area contributed by atoms with E-state index in [-0.39, 0.29) is 24.5 Å². The summed E-state index contributed by atoms with van der Waals surface area (Å²) in [5.41, 5.74) is 0.878. The lowest BCUT2D eigenvalue weighted by atomic mass is 10.1. The maximum absolute atomic E-state index is 12.1. The third-order valence-electron chi connectivity index (χ3n) is 4.66. The number of amides is 2. The summed E-state index contributed by atoms with van der Waals surface area (Å²) in [5, 5.41) is 2.88. The lowest BCUT2D eigenvalue weighted by molar-refractivity contribution is -0.137. The van der Waals surface area contributed by atoms with Gasteiger partial charge in [0.2, 0.25) is 17.7 Å². The predicted molar refractivity (Wildman–Crippen MR) is 89.4 cm³/mol. The van der Waals surface area contributed by atoms with E-state index < -0.39 is 0 Å². The molecular formula is C18H25N3O3. The van der Waals surface area contributed by atoms with Gasteiger partial charge in [-0.3, -0.25) is 9.59 Å². The van der Waals surface area contributed by atoms with E-state index in [4.69, 9.17) is 4.74 Å². The van der Waals surface area contributed by atoms with E-state index in [9.17, 15) is 9.59 Å². The number of pyridine rings is 1. The Balaban J connectivity index is 1.52. The molecule has 2 aliphatic rings. The highest BCUT2D eigenvalue weighted by Crippen LogP contribution is 2.24. The second kappa shape index (κ2) is 8.13. The standard InChI is InChI=1S/C18H25N3O3/c22-16(13-21-11-4-3-9-17(21)23)20-12-14-6-5-10-19-18(14)24-15-7-1-2-8-15/h5-6,10,15H,1-4,7-9,11-13H2,(H,20,22). The summed E-state index contributed by atoms with van der Waals surface area (Å²) in [6.07, 6.45) is 8.94. The average molecular weight is 331 g/mol. The van der Waals surface area contributed by atoms with Crippen molar-refractivity contribution in [3.05, 3.63) is 23.9 Å². The molecule has 130 valence electrons. The molecule has 0 radical (unpaired) electrons. The fourth-order valence-corrected chi connectivity index (χ4v) is 3.28. The minimum absolute atomic E-state index is 0.0723. The van der Waals surface area contributed by atoms with Gasteiger partial charge in [-0.1, -0.05) is 6.07 Å². The number of hydrogen-bond donors (Lipinski definition) is 1. The Hall–Kier alpha value is -2.11. The molecular weight excluding hydrogens is 306 g/mol. The molecule has 0 bridgehead atoms. The van der Waals surface area contributed by atoms with Gasteiger partial charge >= 0.3 is 0 Å². The molecule has 1 aromatic rings. The van der Waals surface area contributed by atoms with Crippen LogP contribution >= 0.6 is 0 Å². The lowest BCUT2D eigenvalue weighted by Gasteiger charge is -2.26. The quantitative estimate of drug-likeness (QED) is 0.866. The van der Waals surface area contributed by atoms with Gasteiger partial charge in [0.25, 0.3) is 0 Å². The maximum Gasteiger partial charge on any atom is 0.239 e. The van der Waals surface area contributed by atoms with Crippen LogP contribution in [0.1, 0.15) is 50.5 Å². The van der Waals surface area contributed by atoms with Crippen molar-refractivity contribution in [2.75, 3.05) is 13.1 Å². The van der Waals surface area contributed by atoms with Crippen LogP contribution in [0.15, 0.2) is 18.3 Å². The minimum Gasteiger partial charge on any atom is -0.474 e. The van der Waals surface area contributed by atoms with Crippen molar-refractivity contribution in [3.8, 4) is 5.88 Å². The van der Waals surface area contributed by atoms with Crippen molar-refractivity contribution >= 4 is 11.8 Å². The first kappa shape index (κ1) is 16.7. The summed E-state index contributed by atoms with van der Waals surface area (Å²) in [4.78, 5) is 29.8. The first-order chi connectivity index (χ1) is 11.7. The number of hydrogen-bond acceptors (Lipinski definition) is 4. The van der Waals surface area contributed by atoms with Crippen LogP contribution in [0.5, 0.6) is 5.88 Å². The molecule has 1 saturated heterocycles. The van der Waals surface area contributed by atoms with Crippen LogP contribution in [-0.4, -0.2) is 40.9 Å². The molecule has 6 nitrogen and oxygen atoms in total. The van der Waals surface area contributed by atoms with Crippen LogP contribution in [0.4, 0.5) is 0 Å². The summed E-state index contributed by atoms with van der Waals surface area (Å²) in [7, 11) is 0. The van der Waals surface area contributed by atoms with Gasteiger partial charge in [0.05, 0.1) is 6.54 Å². The first-order valence-electron chi connectivity index (χ1n) is 8.87. The molecule has 1 aliphatic heterocycles. The van der Waals surface area contributed by atoms with Crippen LogP contribution in [-0.2, 0) is 16.1 Å². The summed E-state index contributed by atoms with van der Waals surface area (Å²) in [6, 6.07) is 3.76. The predicted octanol–water partition coefficient (Wildman–Crippen LogP) is 2.03. The number of nitrogens with one attached hydrogen (secondary N) is 1. The van der Waals surface area contributed by atoms with Crippen LogP contribution in [0.2, 0.25) is 0 Å². The Morgan fingerprint density at radius 3 is 2.92 bits per heavy atom. The number of aromatic nitrogens is 1. The zero-order valence-electron chi connectivity index (χ0n) is 14.0.